The molecule has 4 N–H and O–H groups in total. The quantitative estimate of drug-likeness (QED) is 0.735. The fourth-order valence-corrected chi connectivity index (χ4v) is 1.40. The molecule has 1 amide bonds. The Morgan fingerprint density at radius 2 is 1.87 bits per heavy atom. The van der Waals surface area contributed by atoms with Crippen LogP contribution in [0.15, 0.2) is 12.1 Å². The predicted octanol–water partition coefficient (Wildman–Crippen LogP) is 2.04. The minimum Gasteiger partial charge on any atom is -0.398 e. The van der Waals surface area contributed by atoms with Gasteiger partial charge in [0.05, 0.1) is 10.6 Å². The molecule has 0 unspecified atom stereocenters. The average molecular weight is 239 g/mol. The van der Waals surface area contributed by atoms with Crippen LogP contribution in [0.2, 0.25) is 5.02 Å². The second-order valence-corrected chi connectivity index (χ2v) is 3.19. The third-order valence-electron chi connectivity index (χ3n) is 1.69. The molecule has 0 bridgehead atoms. The highest BCUT2D eigenvalue weighted by molar-refractivity contribution is 6.32. The number of halogens is 4. The normalized spacial score (nSPS) is 11.5. The topological polar surface area (TPSA) is 69.1 Å². The van der Waals surface area contributed by atoms with Crippen LogP contribution in [0.3, 0.4) is 0 Å². The summed E-state index contributed by atoms with van der Waals surface area (Å²) in [6, 6.07) is 1.68. The van der Waals surface area contributed by atoms with Gasteiger partial charge in [-0.2, -0.15) is 13.2 Å². The fourth-order valence-electron chi connectivity index (χ4n) is 1.07. The molecule has 82 valence electrons. The van der Waals surface area contributed by atoms with Crippen molar-refractivity contribution in [3.63, 3.8) is 0 Å². The van der Waals surface area contributed by atoms with Crippen LogP contribution in [0.1, 0.15) is 15.9 Å². The average Bonchev–Trinajstić information content (AvgIpc) is 1.99. The molecule has 0 saturated heterocycles. The Morgan fingerprint density at radius 3 is 2.20 bits per heavy atom. The van der Waals surface area contributed by atoms with E-state index >= 15 is 0 Å². The molecule has 0 spiro atoms. The molecule has 0 aliphatic rings. The van der Waals surface area contributed by atoms with Gasteiger partial charge in [-0.05, 0) is 12.1 Å². The Kier molecular flexibility index (Phi) is 2.81. The minimum absolute atomic E-state index is 0.162. The molecule has 3 nitrogen and oxygen atoms in total. The van der Waals surface area contributed by atoms with E-state index in [1.54, 1.807) is 0 Å². The summed E-state index contributed by atoms with van der Waals surface area (Å²) in [7, 11) is 0. The number of carbonyl (C=O) groups is 1. The number of rotatable bonds is 1. The molecule has 1 aromatic rings. The van der Waals surface area contributed by atoms with E-state index in [1.165, 1.54) is 0 Å². The lowest BCUT2D eigenvalue weighted by Gasteiger charge is -2.12. The Morgan fingerprint density at radius 1 is 1.33 bits per heavy atom. The lowest BCUT2D eigenvalue weighted by molar-refractivity contribution is -0.136. The standard InChI is InChI=1S/C8H6ClF3N2O/c9-4-1-3(7(14)15)2-5(13)6(4)8(10,11)12/h1-2H,13H2,(H2,14,15). The van der Waals surface area contributed by atoms with Gasteiger partial charge in [0.15, 0.2) is 0 Å². The number of primary amides is 1. The molecule has 0 aromatic heterocycles. The van der Waals surface area contributed by atoms with Gasteiger partial charge < -0.3 is 11.5 Å². The van der Waals surface area contributed by atoms with Crippen LogP contribution in [-0.2, 0) is 6.18 Å². The van der Waals surface area contributed by atoms with Crippen molar-refractivity contribution in [3.05, 3.63) is 28.3 Å². The van der Waals surface area contributed by atoms with Crippen molar-refractivity contribution >= 4 is 23.2 Å². The van der Waals surface area contributed by atoms with Crippen LogP contribution >= 0.6 is 11.6 Å². The van der Waals surface area contributed by atoms with Gasteiger partial charge >= 0.3 is 6.18 Å². The third kappa shape index (κ3) is 2.33. The van der Waals surface area contributed by atoms with Crippen molar-refractivity contribution in [1.82, 2.24) is 0 Å². The Labute approximate surface area is 87.8 Å². The van der Waals surface area contributed by atoms with E-state index in [4.69, 9.17) is 23.1 Å². The third-order valence-corrected chi connectivity index (χ3v) is 1.99. The van der Waals surface area contributed by atoms with E-state index in [-0.39, 0.29) is 5.56 Å². The maximum absolute atomic E-state index is 12.4. The number of carbonyl (C=O) groups excluding carboxylic acids is 1. The van der Waals surface area contributed by atoms with Gasteiger partial charge in [-0.1, -0.05) is 11.6 Å². The number of nitrogen functional groups attached to an aromatic ring is 1. The molecule has 0 radical (unpaired) electrons. The van der Waals surface area contributed by atoms with Crippen molar-refractivity contribution in [2.24, 2.45) is 5.73 Å². The van der Waals surface area contributed by atoms with E-state index in [2.05, 4.69) is 0 Å². The van der Waals surface area contributed by atoms with Gasteiger partial charge in [0, 0.05) is 11.3 Å². The molecular formula is C8H6ClF3N2O. The van der Waals surface area contributed by atoms with Crippen LogP contribution in [0.25, 0.3) is 0 Å². The summed E-state index contributed by atoms with van der Waals surface area (Å²) < 4.78 is 37.1. The maximum atomic E-state index is 12.4. The number of nitrogens with two attached hydrogens (primary N) is 2. The van der Waals surface area contributed by atoms with Gasteiger partial charge in [-0.15, -0.1) is 0 Å². The van der Waals surface area contributed by atoms with Crippen LogP contribution in [0, 0.1) is 0 Å². The molecule has 0 aliphatic carbocycles. The van der Waals surface area contributed by atoms with Crippen molar-refractivity contribution in [2.45, 2.75) is 6.18 Å². The van der Waals surface area contributed by atoms with E-state index < -0.39 is 28.4 Å². The molecule has 1 rings (SSSR count). The number of amides is 1. The van der Waals surface area contributed by atoms with E-state index in [1.807, 2.05) is 0 Å². The SMILES string of the molecule is NC(=O)c1cc(N)c(C(F)(F)F)c(Cl)c1. The van der Waals surface area contributed by atoms with Crippen LogP contribution < -0.4 is 11.5 Å². The summed E-state index contributed by atoms with van der Waals surface area (Å²) in [6.45, 7) is 0. The van der Waals surface area contributed by atoms with Gasteiger partial charge in [0.1, 0.15) is 0 Å². The van der Waals surface area contributed by atoms with Crippen LogP contribution in [0.4, 0.5) is 18.9 Å². The van der Waals surface area contributed by atoms with Gasteiger partial charge in [-0.3, -0.25) is 4.79 Å². The lowest BCUT2D eigenvalue weighted by atomic mass is 10.1. The summed E-state index contributed by atoms with van der Waals surface area (Å²) in [5.74, 6) is -0.891. The highest BCUT2D eigenvalue weighted by atomic mass is 35.5. The number of hydrogen-bond acceptors (Lipinski definition) is 2. The molecule has 0 saturated carbocycles. The molecular weight excluding hydrogens is 233 g/mol. The Hall–Kier alpha value is -1.43. The second-order valence-electron chi connectivity index (χ2n) is 2.78. The maximum Gasteiger partial charge on any atom is 0.419 e. The highest BCUT2D eigenvalue weighted by Gasteiger charge is 2.36. The molecule has 0 fully saturated rings. The first-order valence-electron chi connectivity index (χ1n) is 3.69. The number of alkyl halides is 3. The van der Waals surface area contributed by atoms with Crippen LogP contribution in [0.5, 0.6) is 0 Å². The summed E-state index contributed by atoms with van der Waals surface area (Å²) in [5.41, 5.74) is 8.07. The van der Waals surface area contributed by atoms with Crippen molar-refractivity contribution in [3.8, 4) is 0 Å². The first-order valence-corrected chi connectivity index (χ1v) is 4.07. The van der Waals surface area contributed by atoms with E-state index in [0.29, 0.717) is 0 Å². The van der Waals surface area contributed by atoms with Crippen LogP contribution in [-0.4, -0.2) is 5.91 Å². The minimum atomic E-state index is -4.66. The molecule has 0 aliphatic heterocycles. The number of hydrogen-bond donors (Lipinski definition) is 2. The predicted molar refractivity (Wildman–Crippen MR) is 49.4 cm³/mol. The monoisotopic (exact) mass is 238 g/mol. The molecule has 7 heteroatoms. The second kappa shape index (κ2) is 3.62. The Bertz CT molecular complexity index is 394. The zero-order valence-corrected chi connectivity index (χ0v) is 7.99. The lowest BCUT2D eigenvalue weighted by Crippen LogP contribution is -2.15. The molecule has 0 atom stereocenters. The highest BCUT2D eigenvalue weighted by Crippen LogP contribution is 2.39. The molecule has 1 aromatic carbocycles. The molecule has 15 heavy (non-hydrogen) atoms. The van der Waals surface area contributed by atoms with Crippen molar-refractivity contribution in [2.75, 3.05) is 5.73 Å². The molecule has 0 heterocycles. The first kappa shape index (κ1) is 11.6. The zero-order chi connectivity index (χ0) is 11.8. The fraction of sp³-hybridized carbons (Fsp3) is 0.125. The van der Waals surface area contributed by atoms with Gasteiger partial charge in [0.25, 0.3) is 0 Å². The summed E-state index contributed by atoms with van der Waals surface area (Å²) in [4.78, 5) is 10.7. The zero-order valence-electron chi connectivity index (χ0n) is 7.23. The van der Waals surface area contributed by atoms with E-state index in [0.717, 1.165) is 12.1 Å². The summed E-state index contributed by atoms with van der Waals surface area (Å²) >= 11 is 5.36. The Balaban J connectivity index is 3.41. The van der Waals surface area contributed by atoms with E-state index in [9.17, 15) is 18.0 Å². The smallest absolute Gasteiger partial charge is 0.398 e. The summed E-state index contributed by atoms with van der Waals surface area (Å²) in [5, 5.41) is -0.642. The van der Waals surface area contributed by atoms with Gasteiger partial charge in [-0.25, -0.2) is 0 Å². The van der Waals surface area contributed by atoms with Crippen molar-refractivity contribution in [1.29, 1.82) is 0 Å². The first-order chi connectivity index (χ1) is 6.73. The summed E-state index contributed by atoms with van der Waals surface area (Å²) in [6.07, 6.45) is -4.66. The number of anilines is 1. The number of benzene rings is 1. The van der Waals surface area contributed by atoms with Crippen molar-refractivity contribution < 1.29 is 18.0 Å². The van der Waals surface area contributed by atoms with Gasteiger partial charge in [0.2, 0.25) is 5.91 Å². The largest absolute Gasteiger partial charge is 0.419 e.